The molecule has 2 aromatic carbocycles. The maximum absolute atomic E-state index is 6.06. The van der Waals surface area contributed by atoms with E-state index >= 15 is 0 Å². The Labute approximate surface area is 138 Å². The summed E-state index contributed by atoms with van der Waals surface area (Å²) < 4.78 is 5.49. The van der Waals surface area contributed by atoms with Gasteiger partial charge in [0.1, 0.15) is 5.75 Å². The highest BCUT2D eigenvalue weighted by atomic mass is 16.5. The first-order valence-electron chi connectivity index (χ1n) is 8.42. The van der Waals surface area contributed by atoms with Crippen LogP contribution in [0.1, 0.15) is 41.5 Å². The molecule has 1 aliphatic heterocycles. The molecule has 4 rings (SSSR count). The first-order chi connectivity index (χ1) is 11.2. The van der Waals surface area contributed by atoms with Gasteiger partial charge in [0.2, 0.25) is 0 Å². The third-order valence-corrected chi connectivity index (χ3v) is 5.57. The van der Waals surface area contributed by atoms with Gasteiger partial charge in [0.05, 0.1) is 7.11 Å². The van der Waals surface area contributed by atoms with Crippen molar-refractivity contribution in [2.45, 2.75) is 24.8 Å². The minimum absolute atomic E-state index is 0.413. The second-order valence-electron chi connectivity index (χ2n) is 6.87. The van der Waals surface area contributed by atoms with E-state index in [1.807, 2.05) is 6.07 Å². The first-order valence-corrected chi connectivity index (χ1v) is 8.42. The lowest BCUT2D eigenvalue weighted by Crippen LogP contribution is -2.34. The second kappa shape index (κ2) is 5.57. The number of nitrogens with two attached hydrogens (primary N) is 1. The molecule has 0 radical (unpaired) electrons. The van der Waals surface area contributed by atoms with Crippen LogP contribution in [0.15, 0.2) is 42.5 Å². The molecule has 1 fully saturated rings. The van der Waals surface area contributed by atoms with Crippen molar-refractivity contribution < 1.29 is 4.74 Å². The van der Waals surface area contributed by atoms with Gasteiger partial charge >= 0.3 is 0 Å². The Kier molecular flexibility index (Phi) is 3.53. The number of benzene rings is 2. The Morgan fingerprint density at radius 2 is 2.00 bits per heavy atom. The standard InChI is InChI=1S/C20H24N2O/c1-22-10-4-7-17-19(13-5-3-6-14(21)11-13)18-12-15(23-2)8-9-16(18)20(17)22/h3,5-6,8-9,11-12,17,19-20H,4,7,10,21H2,1-2H3. The number of nitrogen functional groups attached to an aromatic ring is 1. The quantitative estimate of drug-likeness (QED) is 0.858. The molecule has 0 spiro atoms. The Hall–Kier alpha value is -2.00. The zero-order chi connectivity index (χ0) is 16.0. The largest absolute Gasteiger partial charge is 0.497 e. The summed E-state index contributed by atoms with van der Waals surface area (Å²) in [6.07, 6.45) is 2.53. The molecular formula is C20H24N2O. The van der Waals surface area contributed by atoms with Crippen molar-refractivity contribution in [3.8, 4) is 5.75 Å². The highest BCUT2D eigenvalue weighted by molar-refractivity contribution is 5.52. The van der Waals surface area contributed by atoms with Crippen molar-refractivity contribution in [2.75, 3.05) is 26.4 Å². The van der Waals surface area contributed by atoms with E-state index in [0.29, 0.717) is 17.9 Å². The van der Waals surface area contributed by atoms with Crippen LogP contribution in [0.2, 0.25) is 0 Å². The highest BCUT2D eigenvalue weighted by Crippen LogP contribution is 2.55. The normalized spacial score (nSPS) is 26.6. The molecule has 120 valence electrons. The van der Waals surface area contributed by atoms with Crippen LogP contribution in [0.3, 0.4) is 0 Å². The molecule has 0 saturated carbocycles. The number of rotatable bonds is 2. The third kappa shape index (κ3) is 2.31. The summed E-state index contributed by atoms with van der Waals surface area (Å²) >= 11 is 0. The molecule has 3 heteroatoms. The number of hydrogen-bond acceptors (Lipinski definition) is 3. The van der Waals surface area contributed by atoms with Gasteiger partial charge in [-0.2, -0.15) is 0 Å². The van der Waals surface area contributed by atoms with Crippen molar-refractivity contribution in [3.05, 3.63) is 59.2 Å². The van der Waals surface area contributed by atoms with E-state index in [4.69, 9.17) is 10.5 Å². The second-order valence-corrected chi connectivity index (χ2v) is 6.87. The number of anilines is 1. The van der Waals surface area contributed by atoms with Crippen molar-refractivity contribution in [3.63, 3.8) is 0 Å². The van der Waals surface area contributed by atoms with Gasteiger partial charge in [-0.3, -0.25) is 4.90 Å². The van der Waals surface area contributed by atoms with Crippen LogP contribution in [-0.4, -0.2) is 25.6 Å². The molecule has 3 nitrogen and oxygen atoms in total. The van der Waals surface area contributed by atoms with E-state index in [0.717, 1.165) is 11.4 Å². The Morgan fingerprint density at radius 1 is 1.13 bits per heavy atom. The third-order valence-electron chi connectivity index (χ3n) is 5.57. The minimum Gasteiger partial charge on any atom is -0.497 e. The van der Waals surface area contributed by atoms with Gasteiger partial charge in [0.25, 0.3) is 0 Å². The molecule has 2 N–H and O–H groups in total. The van der Waals surface area contributed by atoms with E-state index in [9.17, 15) is 0 Å². The number of nitrogens with zero attached hydrogens (tertiary/aromatic N) is 1. The van der Waals surface area contributed by atoms with E-state index < -0.39 is 0 Å². The smallest absolute Gasteiger partial charge is 0.119 e. The van der Waals surface area contributed by atoms with E-state index in [2.05, 4.69) is 48.3 Å². The molecule has 1 heterocycles. The van der Waals surface area contributed by atoms with Crippen LogP contribution in [0.25, 0.3) is 0 Å². The molecular weight excluding hydrogens is 284 g/mol. The van der Waals surface area contributed by atoms with Crippen LogP contribution in [0.5, 0.6) is 5.75 Å². The first kappa shape index (κ1) is 14.6. The number of methoxy groups -OCH3 is 1. The fourth-order valence-corrected chi connectivity index (χ4v) is 4.65. The summed E-state index contributed by atoms with van der Waals surface area (Å²) in [5.74, 6) is 1.98. The number of piperidine rings is 1. The lowest BCUT2D eigenvalue weighted by Gasteiger charge is -2.37. The van der Waals surface area contributed by atoms with Gasteiger partial charge in [-0.15, -0.1) is 0 Å². The Balaban J connectivity index is 1.88. The van der Waals surface area contributed by atoms with Crippen molar-refractivity contribution >= 4 is 5.69 Å². The summed E-state index contributed by atoms with van der Waals surface area (Å²) in [4.78, 5) is 2.52. The van der Waals surface area contributed by atoms with Crippen LogP contribution in [0, 0.1) is 5.92 Å². The zero-order valence-corrected chi connectivity index (χ0v) is 13.8. The maximum Gasteiger partial charge on any atom is 0.119 e. The predicted molar refractivity (Wildman–Crippen MR) is 93.8 cm³/mol. The van der Waals surface area contributed by atoms with Gasteiger partial charge in [0, 0.05) is 17.6 Å². The number of ether oxygens (including phenoxy) is 1. The molecule has 0 amide bonds. The van der Waals surface area contributed by atoms with Crippen LogP contribution in [-0.2, 0) is 0 Å². The highest BCUT2D eigenvalue weighted by Gasteiger charge is 2.44. The average Bonchev–Trinajstić information content (AvgIpc) is 2.89. The van der Waals surface area contributed by atoms with Crippen LogP contribution < -0.4 is 10.5 Å². The number of hydrogen-bond donors (Lipinski definition) is 1. The lowest BCUT2D eigenvalue weighted by molar-refractivity contribution is 0.127. The molecule has 23 heavy (non-hydrogen) atoms. The van der Waals surface area contributed by atoms with E-state index in [-0.39, 0.29) is 0 Å². The van der Waals surface area contributed by atoms with Gasteiger partial charge in [-0.05, 0) is 73.3 Å². The maximum atomic E-state index is 6.06. The Bertz CT molecular complexity index is 727. The van der Waals surface area contributed by atoms with Crippen molar-refractivity contribution in [1.29, 1.82) is 0 Å². The van der Waals surface area contributed by atoms with Gasteiger partial charge in [-0.25, -0.2) is 0 Å². The van der Waals surface area contributed by atoms with Gasteiger partial charge < -0.3 is 10.5 Å². The van der Waals surface area contributed by atoms with Crippen LogP contribution >= 0.6 is 0 Å². The molecule has 3 atom stereocenters. The zero-order valence-electron chi connectivity index (χ0n) is 13.8. The van der Waals surface area contributed by atoms with E-state index in [1.165, 1.54) is 36.1 Å². The monoisotopic (exact) mass is 308 g/mol. The minimum atomic E-state index is 0.413. The molecule has 2 aliphatic rings. The fourth-order valence-electron chi connectivity index (χ4n) is 4.65. The summed E-state index contributed by atoms with van der Waals surface area (Å²) in [7, 11) is 4.00. The van der Waals surface area contributed by atoms with Crippen LogP contribution in [0.4, 0.5) is 5.69 Å². The van der Waals surface area contributed by atoms with Crippen molar-refractivity contribution in [2.24, 2.45) is 5.92 Å². The summed E-state index contributed by atoms with van der Waals surface area (Å²) in [6, 6.07) is 15.5. The summed E-state index contributed by atoms with van der Waals surface area (Å²) in [5, 5.41) is 0. The molecule has 0 aromatic heterocycles. The fraction of sp³-hybridized carbons (Fsp3) is 0.400. The summed E-state index contributed by atoms with van der Waals surface area (Å²) in [5.41, 5.74) is 11.1. The van der Waals surface area contributed by atoms with E-state index in [1.54, 1.807) is 7.11 Å². The SMILES string of the molecule is COc1ccc2c(c1)C(c1cccc(N)c1)C1CCCN(C)C21. The Morgan fingerprint density at radius 3 is 2.78 bits per heavy atom. The van der Waals surface area contributed by atoms with Crippen molar-refractivity contribution in [1.82, 2.24) is 4.90 Å². The topological polar surface area (TPSA) is 38.5 Å². The van der Waals surface area contributed by atoms with Gasteiger partial charge in [0.15, 0.2) is 0 Å². The molecule has 1 saturated heterocycles. The average molecular weight is 308 g/mol. The number of likely N-dealkylation sites (tertiary alicyclic amines) is 1. The lowest BCUT2D eigenvalue weighted by atomic mass is 9.80. The molecule has 2 aromatic rings. The summed E-state index contributed by atoms with van der Waals surface area (Å²) in [6.45, 7) is 1.18. The molecule has 0 bridgehead atoms. The molecule has 3 unspecified atom stereocenters. The van der Waals surface area contributed by atoms with Gasteiger partial charge in [-0.1, -0.05) is 18.2 Å². The molecule has 1 aliphatic carbocycles. The predicted octanol–water partition coefficient (Wildman–Crippen LogP) is 3.81. The number of fused-ring (bicyclic) bond motifs is 3.